The summed E-state index contributed by atoms with van der Waals surface area (Å²) in [5.74, 6) is 0. The molecule has 14 rings (SSSR count). The van der Waals surface area contributed by atoms with Gasteiger partial charge in [-0.25, -0.2) is 0 Å². The smallest absolute Gasteiger partial charge is 0.0541 e. The molecule has 0 saturated heterocycles. The van der Waals surface area contributed by atoms with Crippen molar-refractivity contribution in [2.75, 3.05) is 0 Å². The Morgan fingerprint density at radius 2 is 0.907 bits per heavy atom. The minimum Gasteiger partial charge on any atom is -0.309 e. The van der Waals surface area contributed by atoms with Gasteiger partial charge >= 0.3 is 0 Å². The van der Waals surface area contributed by atoms with Gasteiger partial charge in [0, 0.05) is 43.7 Å². The number of aromatic nitrogens is 2. The predicted octanol–water partition coefficient (Wildman–Crippen LogP) is 19.4. The summed E-state index contributed by atoms with van der Waals surface area (Å²) in [5, 5.41) is 5.08. The van der Waals surface area contributed by atoms with Gasteiger partial charge in [-0.3, -0.25) is 0 Å². The van der Waals surface area contributed by atoms with E-state index >= 15 is 0 Å². The highest BCUT2D eigenvalue weighted by molar-refractivity contribution is 6.12. The molecule has 2 heteroatoms. The van der Waals surface area contributed by atoms with E-state index in [1.807, 2.05) is 0 Å². The van der Waals surface area contributed by atoms with Gasteiger partial charge in [-0.1, -0.05) is 199 Å². The average molecular weight is 967 g/mol. The van der Waals surface area contributed by atoms with Gasteiger partial charge in [0.1, 0.15) is 0 Å². The Morgan fingerprint density at radius 3 is 1.55 bits per heavy atom. The molecule has 0 spiro atoms. The summed E-state index contributed by atoms with van der Waals surface area (Å²) in [5.41, 5.74) is 24.1. The Morgan fingerprint density at radius 1 is 0.413 bits per heavy atom. The molecule has 3 aliphatic carbocycles. The third kappa shape index (κ3) is 7.13. The van der Waals surface area contributed by atoms with E-state index in [2.05, 4.69) is 262 Å². The predicted molar refractivity (Wildman–Crippen MR) is 319 cm³/mol. The number of hydrogen-bond acceptors (Lipinski definition) is 0. The molecule has 3 aliphatic rings. The lowest BCUT2D eigenvalue weighted by molar-refractivity contribution is 0.346. The summed E-state index contributed by atoms with van der Waals surface area (Å²) in [6, 6.07) is 76.0. The van der Waals surface area contributed by atoms with Crippen LogP contribution < -0.4 is 0 Å². The van der Waals surface area contributed by atoms with Crippen molar-refractivity contribution in [3.05, 3.63) is 264 Å². The Bertz CT molecular complexity index is 4170. The minimum atomic E-state index is -0.0518. The highest BCUT2D eigenvalue weighted by Gasteiger charge is 2.37. The lowest BCUT2D eigenvalue weighted by Gasteiger charge is -2.39. The summed E-state index contributed by atoms with van der Waals surface area (Å²) in [4.78, 5) is 0. The monoisotopic (exact) mass is 966 g/mol. The maximum Gasteiger partial charge on any atom is 0.0541 e. The van der Waals surface area contributed by atoms with Gasteiger partial charge < -0.3 is 9.13 Å². The van der Waals surface area contributed by atoms with Gasteiger partial charge in [-0.15, -0.1) is 0 Å². The molecule has 0 atom stereocenters. The normalized spacial score (nSPS) is 17.7. The minimum absolute atomic E-state index is 0.00531. The highest BCUT2D eigenvalue weighted by Crippen LogP contribution is 2.51. The van der Waals surface area contributed by atoms with Crippen molar-refractivity contribution in [3.63, 3.8) is 0 Å². The summed E-state index contributed by atoms with van der Waals surface area (Å²) < 4.78 is 4.94. The summed E-state index contributed by atoms with van der Waals surface area (Å²) in [7, 11) is 0. The lowest BCUT2D eigenvalue weighted by Crippen LogP contribution is -2.30. The van der Waals surface area contributed by atoms with Crippen molar-refractivity contribution in [2.24, 2.45) is 0 Å². The van der Waals surface area contributed by atoms with Crippen LogP contribution in [-0.2, 0) is 16.2 Å². The van der Waals surface area contributed by atoms with E-state index in [0.717, 1.165) is 24.8 Å². The van der Waals surface area contributed by atoms with Crippen molar-refractivity contribution >= 4 is 54.8 Å². The number of benzene rings is 9. The zero-order valence-electron chi connectivity index (χ0n) is 43.6. The van der Waals surface area contributed by atoms with Crippen LogP contribution in [0.15, 0.2) is 225 Å². The van der Waals surface area contributed by atoms with Gasteiger partial charge in [0.2, 0.25) is 0 Å². The van der Waals surface area contributed by atoms with E-state index in [9.17, 15) is 0 Å². The van der Waals surface area contributed by atoms with E-state index < -0.39 is 0 Å². The molecule has 75 heavy (non-hydrogen) atoms. The molecule has 11 aromatic rings. The van der Waals surface area contributed by atoms with Gasteiger partial charge in [0.05, 0.1) is 22.1 Å². The fourth-order valence-electron chi connectivity index (χ4n) is 14.0. The zero-order chi connectivity index (χ0) is 50.6. The number of allylic oxidation sites excluding steroid dienone is 5. The maximum atomic E-state index is 4.60. The van der Waals surface area contributed by atoms with Crippen LogP contribution in [0.3, 0.4) is 0 Å². The molecule has 0 amide bonds. The van der Waals surface area contributed by atoms with E-state index in [1.165, 1.54) is 141 Å². The molecular formula is C73H62N2. The van der Waals surface area contributed by atoms with Crippen LogP contribution in [-0.4, -0.2) is 9.13 Å². The van der Waals surface area contributed by atoms with E-state index in [1.54, 1.807) is 0 Å². The topological polar surface area (TPSA) is 9.86 Å². The molecular weight excluding hydrogens is 905 g/mol. The largest absolute Gasteiger partial charge is 0.309 e. The molecule has 0 aliphatic heterocycles. The van der Waals surface area contributed by atoms with Gasteiger partial charge in [-0.05, 0) is 170 Å². The van der Waals surface area contributed by atoms with Gasteiger partial charge in [0.15, 0.2) is 0 Å². The Balaban J connectivity index is 0.800. The van der Waals surface area contributed by atoms with Crippen LogP contribution in [0.2, 0.25) is 0 Å². The molecule has 0 unspecified atom stereocenters. The molecule has 2 heterocycles. The second-order valence-electron chi connectivity index (χ2n) is 23.0. The van der Waals surface area contributed by atoms with Crippen molar-refractivity contribution in [2.45, 2.75) is 82.5 Å². The molecule has 1 fully saturated rings. The molecule has 0 N–H and O–H groups in total. The van der Waals surface area contributed by atoms with Crippen LogP contribution in [0.5, 0.6) is 0 Å². The average Bonchev–Trinajstić information content (AvgIpc) is 4.11. The van der Waals surface area contributed by atoms with E-state index in [-0.39, 0.29) is 16.2 Å². The number of hydrogen-bond donors (Lipinski definition) is 0. The van der Waals surface area contributed by atoms with E-state index in [0.29, 0.717) is 0 Å². The first-order valence-electron chi connectivity index (χ1n) is 27.3. The Hall–Kier alpha value is -8.20. The SMILES string of the molecule is C=C1/C=C(c2ccc3c(c2)c2ccccc2n3-c2ccc(C3(c4ccc(-n5c6ccccc6c6cc(-c7ccc8c(c7)-c7ccccc7C8(C)C)ccc65)cc4)CCCCC3)cc2)\C=C/CC(C)(C)c2ccccc21. The van der Waals surface area contributed by atoms with Crippen LogP contribution in [0.25, 0.3) is 88.4 Å². The highest BCUT2D eigenvalue weighted by atomic mass is 15.0. The van der Waals surface area contributed by atoms with Crippen molar-refractivity contribution in [1.82, 2.24) is 9.13 Å². The maximum absolute atomic E-state index is 4.60. The molecule has 0 radical (unpaired) electrons. The summed E-state index contributed by atoms with van der Waals surface area (Å²) in [6.45, 7) is 14.0. The molecule has 2 aromatic heterocycles. The molecule has 2 nitrogen and oxygen atoms in total. The second-order valence-corrected chi connectivity index (χ2v) is 23.0. The second kappa shape index (κ2) is 17.2. The van der Waals surface area contributed by atoms with Crippen molar-refractivity contribution < 1.29 is 0 Å². The Labute approximate surface area is 441 Å². The molecule has 0 bridgehead atoms. The van der Waals surface area contributed by atoms with Crippen molar-refractivity contribution in [3.8, 4) is 33.6 Å². The first kappa shape index (κ1) is 45.4. The van der Waals surface area contributed by atoms with E-state index in [4.69, 9.17) is 0 Å². The third-order valence-corrected chi connectivity index (χ3v) is 17.9. The quantitative estimate of drug-likeness (QED) is 0.157. The first-order valence-corrected chi connectivity index (χ1v) is 27.3. The van der Waals surface area contributed by atoms with Gasteiger partial charge in [0.25, 0.3) is 0 Å². The summed E-state index contributed by atoms with van der Waals surface area (Å²) >= 11 is 0. The Kier molecular flexibility index (Phi) is 10.4. The standard InChI is InChI=1S/C73H62N2/c1-48-44-49(18-17-41-71(2,3)64-23-11-7-19-57(48)64)51-28-39-69-62(46-51)59-21-9-13-25-67(59)74(69)55-34-30-53(31-35-55)73(42-15-6-16-43-73)54-32-36-56(37-33-54)75-68-26-14-10-22-60(68)63-47-52(29-40-70(63)75)50-27-38-66-61(45-50)58-20-8-12-24-65(58)72(66,4)5/h7-14,17-40,44-47H,1,6,15-16,41-43H2,2-5H3/b18-17-,49-44+. The molecule has 1 saturated carbocycles. The lowest BCUT2D eigenvalue weighted by atomic mass is 9.65. The van der Waals surface area contributed by atoms with Crippen LogP contribution >= 0.6 is 0 Å². The van der Waals surface area contributed by atoms with Gasteiger partial charge in [-0.2, -0.15) is 0 Å². The number of rotatable bonds is 6. The molecule has 9 aromatic carbocycles. The number of fused-ring (bicyclic) bond motifs is 10. The fourth-order valence-corrected chi connectivity index (χ4v) is 14.0. The number of para-hydroxylation sites is 2. The molecule has 364 valence electrons. The van der Waals surface area contributed by atoms with Crippen LogP contribution in [0.4, 0.5) is 0 Å². The van der Waals surface area contributed by atoms with Crippen LogP contribution in [0, 0.1) is 0 Å². The third-order valence-electron chi connectivity index (χ3n) is 17.9. The zero-order valence-corrected chi connectivity index (χ0v) is 43.6. The fraction of sp³-hybridized carbons (Fsp3) is 0.178. The summed E-state index contributed by atoms with van der Waals surface area (Å²) in [6.07, 6.45) is 13.9. The van der Waals surface area contributed by atoms with Crippen molar-refractivity contribution in [1.29, 1.82) is 0 Å². The van der Waals surface area contributed by atoms with Crippen LogP contribution in [0.1, 0.15) is 105 Å². The number of nitrogens with zero attached hydrogens (tertiary/aromatic N) is 2. The first-order chi connectivity index (χ1) is 36.6.